The van der Waals surface area contributed by atoms with Crippen molar-refractivity contribution in [2.75, 3.05) is 0 Å². The van der Waals surface area contributed by atoms with E-state index in [-0.39, 0.29) is 11.6 Å². The van der Waals surface area contributed by atoms with Gasteiger partial charge in [0, 0.05) is 22.7 Å². The molecular weight excluding hydrogens is 318 g/mol. The van der Waals surface area contributed by atoms with Crippen molar-refractivity contribution in [1.82, 2.24) is 14.7 Å². The molecule has 0 atom stereocenters. The van der Waals surface area contributed by atoms with Gasteiger partial charge in [0.1, 0.15) is 11.1 Å². The Labute approximate surface area is 136 Å². The molecule has 22 heavy (non-hydrogen) atoms. The van der Waals surface area contributed by atoms with E-state index in [1.54, 1.807) is 22.2 Å². The highest BCUT2D eigenvalue weighted by Gasteiger charge is 2.18. The van der Waals surface area contributed by atoms with Crippen LogP contribution in [0.15, 0.2) is 26.8 Å². The van der Waals surface area contributed by atoms with Crippen LogP contribution in [0.2, 0.25) is 0 Å². The van der Waals surface area contributed by atoms with Crippen molar-refractivity contribution in [2.45, 2.75) is 44.6 Å². The number of hydrogen-bond donors (Lipinski definition) is 0. The quantitative estimate of drug-likeness (QED) is 0.534. The second-order valence-electron chi connectivity index (χ2n) is 5.41. The summed E-state index contributed by atoms with van der Waals surface area (Å²) in [6, 6.07) is 1.88. The van der Waals surface area contributed by atoms with Gasteiger partial charge < -0.3 is 4.52 Å². The number of thioether (sulfide) groups is 1. The molecule has 3 aromatic rings. The lowest BCUT2D eigenvalue weighted by molar-refractivity contribution is 0.414. The van der Waals surface area contributed by atoms with Crippen LogP contribution in [0.4, 0.5) is 0 Å². The van der Waals surface area contributed by atoms with Gasteiger partial charge in [-0.2, -0.15) is 0 Å². The van der Waals surface area contributed by atoms with E-state index in [9.17, 15) is 4.79 Å². The maximum Gasteiger partial charge on any atom is 0.263 e. The van der Waals surface area contributed by atoms with Crippen molar-refractivity contribution in [3.8, 4) is 0 Å². The average molecular weight is 335 g/mol. The third-order valence-corrected chi connectivity index (χ3v) is 5.65. The molecule has 0 aromatic carbocycles. The Kier molecular flexibility index (Phi) is 4.10. The van der Waals surface area contributed by atoms with E-state index in [1.807, 2.05) is 33.8 Å². The minimum Gasteiger partial charge on any atom is -0.364 e. The molecule has 116 valence electrons. The van der Waals surface area contributed by atoms with E-state index in [2.05, 4.69) is 5.16 Å². The number of aromatic nitrogens is 3. The van der Waals surface area contributed by atoms with Crippen molar-refractivity contribution in [1.29, 1.82) is 0 Å². The van der Waals surface area contributed by atoms with Crippen LogP contribution in [0, 0.1) is 13.8 Å². The molecule has 3 aromatic heterocycles. The smallest absolute Gasteiger partial charge is 0.263 e. The fourth-order valence-corrected chi connectivity index (χ4v) is 4.39. The van der Waals surface area contributed by atoms with Gasteiger partial charge in [-0.3, -0.25) is 9.36 Å². The molecule has 7 heteroatoms. The van der Waals surface area contributed by atoms with Crippen molar-refractivity contribution < 1.29 is 4.52 Å². The van der Waals surface area contributed by atoms with Crippen LogP contribution in [-0.4, -0.2) is 14.7 Å². The molecule has 3 heterocycles. The van der Waals surface area contributed by atoms with Gasteiger partial charge in [-0.1, -0.05) is 16.9 Å². The molecule has 0 N–H and O–H groups in total. The third-order valence-electron chi connectivity index (χ3n) is 3.56. The predicted octanol–water partition coefficient (Wildman–Crippen LogP) is 3.94. The molecule has 0 aliphatic heterocycles. The van der Waals surface area contributed by atoms with E-state index >= 15 is 0 Å². The first-order valence-corrected chi connectivity index (χ1v) is 8.83. The van der Waals surface area contributed by atoms with Gasteiger partial charge in [-0.25, -0.2) is 4.98 Å². The molecule has 0 radical (unpaired) electrons. The second-order valence-corrected chi connectivity index (χ2v) is 7.55. The minimum atomic E-state index is 0.0458. The Bertz CT molecular complexity index is 863. The standard InChI is InChI=1S/C15H17N3O2S2/c1-8(2)18-14(19)12-9(3)10(4)22-13(12)16-15(18)21-7-11-5-6-20-17-11/h5-6,8H,7H2,1-4H3. The first kappa shape index (κ1) is 15.3. The van der Waals surface area contributed by atoms with E-state index in [0.717, 1.165) is 31.5 Å². The first-order valence-electron chi connectivity index (χ1n) is 7.03. The van der Waals surface area contributed by atoms with Crippen molar-refractivity contribution >= 4 is 33.3 Å². The SMILES string of the molecule is Cc1sc2nc(SCc3ccon3)n(C(C)C)c(=O)c2c1C. The molecule has 0 amide bonds. The first-order chi connectivity index (χ1) is 10.5. The largest absolute Gasteiger partial charge is 0.364 e. The van der Waals surface area contributed by atoms with Gasteiger partial charge in [0.15, 0.2) is 5.16 Å². The van der Waals surface area contributed by atoms with Crippen LogP contribution < -0.4 is 5.56 Å². The lowest BCUT2D eigenvalue weighted by Crippen LogP contribution is -2.24. The van der Waals surface area contributed by atoms with Gasteiger partial charge >= 0.3 is 0 Å². The minimum absolute atomic E-state index is 0.0458. The Balaban J connectivity index is 2.11. The van der Waals surface area contributed by atoms with Gasteiger partial charge in [-0.05, 0) is 33.3 Å². The average Bonchev–Trinajstić information content (AvgIpc) is 3.05. The van der Waals surface area contributed by atoms with Crippen LogP contribution in [0.5, 0.6) is 0 Å². The molecule has 0 unspecified atom stereocenters. The van der Waals surface area contributed by atoms with Gasteiger partial charge in [0.25, 0.3) is 5.56 Å². The third kappa shape index (κ3) is 2.59. The van der Waals surface area contributed by atoms with Crippen LogP contribution in [0.3, 0.4) is 0 Å². The number of fused-ring (bicyclic) bond motifs is 1. The zero-order valence-electron chi connectivity index (χ0n) is 12.9. The van der Waals surface area contributed by atoms with E-state index in [1.165, 1.54) is 11.8 Å². The Morgan fingerprint density at radius 3 is 2.82 bits per heavy atom. The summed E-state index contributed by atoms with van der Waals surface area (Å²) in [6.07, 6.45) is 1.55. The summed E-state index contributed by atoms with van der Waals surface area (Å²) in [6.45, 7) is 8.03. The molecule has 0 bridgehead atoms. The predicted molar refractivity (Wildman–Crippen MR) is 89.8 cm³/mol. The molecule has 0 aliphatic rings. The molecule has 5 nitrogen and oxygen atoms in total. The van der Waals surface area contributed by atoms with Crippen LogP contribution >= 0.6 is 23.1 Å². The number of rotatable bonds is 4. The monoisotopic (exact) mass is 335 g/mol. The van der Waals surface area contributed by atoms with E-state index in [4.69, 9.17) is 9.51 Å². The van der Waals surface area contributed by atoms with E-state index in [0.29, 0.717) is 5.75 Å². The summed E-state index contributed by atoms with van der Waals surface area (Å²) >= 11 is 3.09. The summed E-state index contributed by atoms with van der Waals surface area (Å²) < 4.78 is 6.61. The summed E-state index contributed by atoms with van der Waals surface area (Å²) in [5, 5.41) is 5.39. The van der Waals surface area contributed by atoms with E-state index < -0.39 is 0 Å². The van der Waals surface area contributed by atoms with Crippen molar-refractivity contribution in [2.24, 2.45) is 0 Å². The second kappa shape index (κ2) is 5.89. The number of aryl methyl sites for hydroxylation is 2. The lowest BCUT2D eigenvalue weighted by atomic mass is 10.2. The zero-order chi connectivity index (χ0) is 15.9. The highest BCUT2D eigenvalue weighted by atomic mass is 32.2. The van der Waals surface area contributed by atoms with Gasteiger partial charge in [0.2, 0.25) is 0 Å². The molecular formula is C15H17N3O2S2. The van der Waals surface area contributed by atoms with Gasteiger partial charge in [0.05, 0.1) is 11.1 Å². The summed E-state index contributed by atoms with van der Waals surface area (Å²) in [7, 11) is 0. The Hall–Kier alpha value is -1.60. The Morgan fingerprint density at radius 1 is 1.41 bits per heavy atom. The summed E-state index contributed by atoms with van der Waals surface area (Å²) in [5.41, 5.74) is 1.93. The summed E-state index contributed by atoms with van der Waals surface area (Å²) in [5.74, 6) is 0.629. The lowest BCUT2D eigenvalue weighted by Gasteiger charge is -2.14. The Morgan fingerprint density at radius 2 is 2.18 bits per heavy atom. The van der Waals surface area contributed by atoms with Crippen LogP contribution in [-0.2, 0) is 5.75 Å². The highest BCUT2D eigenvalue weighted by molar-refractivity contribution is 7.98. The maximum atomic E-state index is 12.9. The molecule has 3 rings (SSSR count). The molecule has 0 fully saturated rings. The van der Waals surface area contributed by atoms with Crippen molar-refractivity contribution in [3.05, 3.63) is 38.8 Å². The molecule has 0 saturated carbocycles. The maximum absolute atomic E-state index is 12.9. The van der Waals surface area contributed by atoms with Gasteiger partial charge in [-0.15, -0.1) is 11.3 Å². The topological polar surface area (TPSA) is 60.9 Å². The summed E-state index contributed by atoms with van der Waals surface area (Å²) in [4.78, 5) is 19.6. The number of nitrogens with zero attached hydrogens (tertiary/aromatic N) is 3. The zero-order valence-corrected chi connectivity index (χ0v) is 14.5. The molecule has 0 aliphatic carbocycles. The number of thiophene rings is 1. The molecule has 0 spiro atoms. The fraction of sp³-hybridized carbons (Fsp3) is 0.400. The van der Waals surface area contributed by atoms with Crippen LogP contribution in [0.1, 0.15) is 36.0 Å². The van der Waals surface area contributed by atoms with Crippen molar-refractivity contribution in [3.63, 3.8) is 0 Å². The number of hydrogen-bond acceptors (Lipinski definition) is 6. The highest BCUT2D eigenvalue weighted by Crippen LogP contribution is 2.30. The normalized spacial score (nSPS) is 11.7. The fourth-order valence-electron chi connectivity index (χ4n) is 2.30. The van der Waals surface area contributed by atoms with Crippen LogP contribution in [0.25, 0.3) is 10.2 Å². The molecule has 0 saturated heterocycles.